The number of ether oxygens (including phenoxy) is 1. The lowest BCUT2D eigenvalue weighted by Gasteiger charge is -2.40. The number of aryl methyl sites for hydroxylation is 1. The third-order valence-electron chi connectivity index (χ3n) is 6.80. The van der Waals surface area contributed by atoms with Gasteiger partial charge < -0.3 is 4.74 Å². The minimum absolute atomic E-state index is 0.0353. The lowest BCUT2D eigenvalue weighted by atomic mass is 9.97. The molecular weight excluding hydrogens is 581 g/mol. The number of halogens is 7. The van der Waals surface area contributed by atoms with Crippen LogP contribution in [-0.2, 0) is 6.42 Å². The molecule has 42 heavy (non-hydrogen) atoms. The first-order chi connectivity index (χ1) is 19.6. The Hall–Kier alpha value is -3.79. The van der Waals surface area contributed by atoms with E-state index in [1.807, 2.05) is 24.3 Å². The summed E-state index contributed by atoms with van der Waals surface area (Å²) >= 11 is 0. The molecule has 0 bridgehead atoms. The zero-order valence-corrected chi connectivity index (χ0v) is 23.5. The highest BCUT2D eigenvalue weighted by Crippen LogP contribution is 3.02. The van der Waals surface area contributed by atoms with Crippen molar-refractivity contribution in [1.29, 1.82) is 0 Å². The van der Waals surface area contributed by atoms with Gasteiger partial charge in [-0.1, -0.05) is 101 Å². The normalized spacial score (nSPS) is 13.3. The first-order valence-corrected chi connectivity index (χ1v) is 15.3. The van der Waals surface area contributed by atoms with Crippen LogP contribution in [0.3, 0.4) is 0 Å². The van der Waals surface area contributed by atoms with Crippen LogP contribution in [0, 0.1) is 11.6 Å². The molecule has 0 spiro atoms. The highest BCUT2D eigenvalue weighted by molar-refractivity contribution is 8.45. The quantitative estimate of drug-likeness (QED) is 0.0731. The topological polar surface area (TPSA) is 26.3 Å². The summed E-state index contributed by atoms with van der Waals surface area (Å²) in [4.78, 5) is 10.2. The second kappa shape index (κ2) is 11.5. The maximum atomic E-state index is 14.8. The Balaban J connectivity index is 1.44. The Labute approximate surface area is 239 Å². The molecule has 0 N–H and O–H groups in total. The van der Waals surface area contributed by atoms with E-state index in [-0.39, 0.29) is 17.7 Å². The maximum absolute atomic E-state index is 14.8. The van der Waals surface area contributed by atoms with Gasteiger partial charge in [0.2, 0.25) is 0 Å². The summed E-state index contributed by atoms with van der Waals surface area (Å²) in [6, 6.07) is 18.1. The average molecular weight is 611 g/mol. The Morgan fingerprint density at radius 2 is 1.12 bits per heavy atom. The number of hydrogen-bond acceptors (Lipinski definition) is 2. The molecule has 0 fully saturated rings. The van der Waals surface area contributed by atoms with E-state index in [4.69, 9.17) is 4.74 Å². The van der Waals surface area contributed by atoms with E-state index in [0.29, 0.717) is 17.7 Å². The van der Waals surface area contributed by atoms with Crippen molar-refractivity contribution in [2.24, 2.45) is 0 Å². The molecule has 4 rings (SSSR count). The molecule has 10 heteroatoms. The number of carbonyl (C=O) groups is 1. The third-order valence-corrected chi connectivity index (χ3v) is 7.96. The summed E-state index contributed by atoms with van der Waals surface area (Å²) in [5.41, 5.74) is 2.71. The Morgan fingerprint density at radius 1 is 0.643 bits per heavy atom. The second-order valence-electron chi connectivity index (χ2n) is 10.1. The first kappa shape index (κ1) is 31.2. The van der Waals surface area contributed by atoms with Crippen molar-refractivity contribution in [1.82, 2.24) is 0 Å². The zero-order valence-electron chi connectivity index (χ0n) is 22.7. The van der Waals surface area contributed by atoms with Crippen molar-refractivity contribution < 1.29 is 37.7 Å². The van der Waals surface area contributed by atoms with Crippen molar-refractivity contribution in [2.45, 2.75) is 50.3 Å². The predicted octanol–water partition coefficient (Wildman–Crippen LogP) is 11.7. The van der Waals surface area contributed by atoms with Gasteiger partial charge in [-0.3, -0.25) is 0 Å². The van der Waals surface area contributed by atoms with Gasteiger partial charge in [0.15, 0.2) is 0 Å². The molecule has 0 saturated carbocycles. The Morgan fingerprint density at radius 3 is 1.62 bits per heavy atom. The summed E-state index contributed by atoms with van der Waals surface area (Å²) < 4.78 is 98.7. The maximum Gasteiger partial charge on any atom is 0.349 e. The van der Waals surface area contributed by atoms with E-state index >= 15 is 0 Å². The van der Waals surface area contributed by atoms with E-state index in [0.717, 1.165) is 36.1 Å². The number of benzene rings is 4. The van der Waals surface area contributed by atoms with Crippen LogP contribution >= 0.6 is 10.2 Å². The third kappa shape index (κ3) is 7.94. The molecule has 0 amide bonds. The summed E-state index contributed by atoms with van der Waals surface area (Å²) in [6.07, 6.45) is 7.09. The molecule has 0 aliphatic rings. The highest BCUT2D eigenvalue weighted by Gasteiger charge is 2.65. The molecule has 0 atom stereocenters. The van der Waals surface area contributed by atoms with E-state index in [2.05, 4.69) is 19.1 Å². The minimum Gasteiger partial charge on any atom is -0.423 e. The van der Waals surface area contributed by atoms with Crippen LogP contribution in [0.1, 0.15) is 54.9 Å². The number of rotatable bonds is 11. The SMILES string of the molecule is CCCCCCCc1ccc(-c2ccc(-c3cc(F)c(C(=O)Oc4ccc(S(F)(F)(F)(F)F)cc4)c(F)c3)cc2)cc1. The lowest BCUT2D eigenvalue weighted by molar-refractivity contribution is 0.0724. The number of unbranched alkanes of at least 4 members (excludes halogenated alkanes) is 4. The summed E-state index contributed by atoms with van der Waals surface area (Å²) in [5, 5.41) is 0. The predicted molar refractivity (Wildman–Crippen MR) is 152 cm³/mol. The van der Waals surface area contributed by atoms with Crippen LogP contribution < -0.4 is 4.74 Å². The molecule has 2 nitrogen and oxygen atoms in total. The highest BCUT2D eigenvalue weighted by atomic mass is 32.5. The average Bonchev–Trinajstić information content (AvgIpc) is 2.92. The molecular formula is C32H29F7O2S. The number of carbonyl (C=O) groups excluding carboxylic acids is 1. The fourth-order valence-corrected chi connectivity index (χ4v) is 5.16. The van der Waals surface area contributed by atoms with Crippen LogP contribution in [0.15, 0.2) is 89.8 Å². The van der Waals surface area contributed by atoms with Crippen LogP contribution in [0.2, 0.25) is 0 Å². The number of esters is 1. The van der Waals surface area contributed by atoms with Gasteiger partial charge >= 0.3 is 16.2 Å². The smallest absolute Gasteiger partial charge is 0.349 e. The molecule has 0 saturated heterocycles. The van der Waals surface area contributed by atoms with Crippen LogP contribution in [0.4, 0.5) is 28.2 Å². The van der Waals surface area contributed by atoms with Crippen molar-refractivity contribution in [2.75, 3.05) is 0 Å². The summed E-state index contributed by atoms with van der Waals surface area (Å²) in [6.45, 7) is 2.19. The molecule has 4 aromatic carbocycles. The van der Waals surface area contributed by atoms with E-state index < -0.39 is 44.0 Å². The Kier molecular flexibility index (Phi) is 8.51. The molecule has 0 aromatic heterocycles. The summed E-state index contributed by atoms with van der Waals surface area (Å²) in [5.74, 6) is -4.64. The van der Waals surface area contributed by atoms with Gasteiger partial charge in [-0.15, -0.1) is 0 Å². The van der Waals surface area contributed by atoms with Crippen LogP contribution in [0.5, 0.6) is 5.75 Å². The fourth-order valence-electron chi connectivity index (χ4n) is 4.51. The van der Waals surface area contributed by atoms with E-state index in [1.165, 1.54) is 31.2 Å². The summed E-state index contributed by atoms with van der Waals surface area (Å²) in [7, 11) is -9.92. The molecule has 0 aliphatic carbocycles. The largest absolute Gasteiger partial charge is 0.423 e. The van der Waals surface area contributed by atoms with Gasteiger partial charge in [-0.05, 0) is 77.1 Å². The van der Waals surface area contributed by atoms with E-state index in [9.17, 15) is 33.0 Å². The van der Waals surface area contributed by atoms with Gasteiger partial charge in [0, 0.05) is 0 Å². The van der Waals surface area contributed by atoms with Crippen molar-refractivity contribution in [3.05, 3.63) is 108 Å². The standard InChI is InChI=1S/C32H29F7O2S/c1-2-3-4-5-6-7-22-8-10-23(11-9-22)24-12-14-25(15-13-24)26-20-29(33)31(30(34)21-26)32(40)41-27-16-18-28(19-17-27)42(35,36,37,38)39/h8-21H,2-7H2,1H3. The molecule has 0 radical (unpaired) electrons. The van der Waals surface area contributed by atoms with Gasteiger partial charge in [-0.2, -0.15) is 0 Å². The van der Waals surface area contributed by atoms with Crippen molar-refractivity contribution in [3.63, 3.8) is 0 Å². The number of hydrogen-bond donors (Lipinski definition) is 0. The van der Waals surface area contributed by atoms with Gasteiger partial charge in [0.25, 0.3) is 0 Å². The molecule has 4 aromatic rings. The van der Waals surface area contributed by atoms with Crippen LogP contribution in [-0.4, -0.2) is 5.97 Å². The fraction of sp³-hybridized carbons (Fsp3) is 0.219. The molecule has 0 aliphatic heterocycles. The van der Waals surface area contributed by atoms with E-state index in [1.54, 1.807) is 12.1 Å². The Bertz CT molecular complexity index is 1530. The lowest BCUT2D eigenvalue weighted by Crippen LogP contribution is -2.13. The van der Waals surface area contributed by atoms with Gasteiger partial charge in [0.1, 0.15) is 27.8 Å². The molecule has 224 valence electrons. The molecule has 0 heterocycles. The minimum atomic E-state index is -9.92. The molecule has 0 unspecified atom stereocenters. The van der Waals surface area contributed by atoms with Crippen LogP contribution in [0.25, 0.3) is 22.3 Å². The van der Waals surface area contributed by atoms with Crippen molar-refractivity contribution in [3.8, 4) is 28.0 Å². The monoisotopic (exact) mass is 610 g/mol. The zero-order chi connectivity index (χ0) is 30.6. The van der Waals surface area contributed by atoms with Crippen molar-refractivity contribution >= 4 is 16.2 Å². The first-order valence-electron chi connectivity index (χ1n) is 13.4. The second-order valence-corrected chi connectivity index (χ2v) is 12.5. The van der Waals surface area contributed by atoms with Gasteiger partial charge in [-0.25, -0.2) is 13.6 Å². The van der Waals surface area contributed by atoms with Gasteiger partial charge in [0.05, 0.1) is 0 Å².